The van der Waals surface area contributed by atoms with Crippen LogP contribution in [0.15, 0.2) is 27.6 Å². The van der Waals surface area contributed by atoms with E-state index in [2.05, 4.69) is 21.2 Å². The van der Waals surface area contributed by atoms with Gasteiger partial charge in [-0.05, 0) is 47.0 Å². The summed E-state index contributed by atoms with van der Waals surface area (Å²) in [5, 5.41) is 2.76. The summed E-state index contributed by atoms with van der Waals surface area (Å²) < 4.78 is 26.2. The van der Waals surface area contributed by atoms with Crippen molar-refractivity contribution < 1.29 is 13.2 Å². The van der Waals surface area contributed by atoms with Gasteiger partial charge in [0.2, 0.25) is 15.9 Å². The molecule has 1 amide bonds. The lowest BCUT2D eigenvalue weighted by Gasteiger charge is -2.17. The van der Waals surface area contributed by atoms with E-state index in [1.165, 1.54) is 25.2 Å². The molecule has 0 unspecified atom stereocenters. The molecule has 0 saturated heterocycles. The number of halogens is 1. The first-order chi connectivity index (χ1) is 9.30. The number of benzene rings is 1. The first-order valence-electron chi connectivity index (χ1n) is 6.11. The Hall–Kier alpha value is -1.12. The summed E-state index contributed by atoms with van der Waals surface area (Å²) in [6.07, 6.45) is 1.93. The molecule has 1 aliphatic rings. The number of nitrogens with zero attached hydrogens (tertiary/aromatic N) is 1. The fourth-order valence-corrected chi connectivity index (χ4v) is 3.86. The predicted molar refractivity (Wildman–Crippen MR) is 79.5 cm³/mol. The molecule has 0 spiro atoms. The molecule has 1 saturated carbocycles. The highest BCUT2D eigenvalue weighted by Gasteiger charge is 2.28. The van der Waals surface area contributed by atoms with E-state index in [9.17, 15) is 13.2 Å². The van der Waals surface area contributed by atoms with Gasteiger partial charge in [-0.2, -0.15) is 4.31 Å². The Bertz CT molecular complexity index is 629. The van der Waals surface area contributed by atoms with Gasteiger partial charge in [-0.25, -0.2) is 8.42 Å². The second kappa shape index (κ2) is 5.71. The molecule has 1 fully saturated rings. The summed E-state index contributed by atoms with van der Waals surface area (Å²) in [4.78, 5) is 11.8. The Morgan fingerprint density at radius 1 is 1.50 bits per heavy atom. The van der Waals surface area contributed by atoms with Gasteiger partial charge < -0.3 is 11.1 Å². The van der Waals surface area contributed by atoms with Crippen molar-refractivity contribution in [1.29, 1.82) is 0 Å². The molecule has 1 aliphatic carbocycles. The third-order valence-electron chi connectivity index (χ3n) is 2.95. The molecule has 110 valence electrons. The molecule has 1 aromatic carbocycles. The average molecular weight is 362 g/mol. The molecule has 0 aromatic heterocycles. The molecule has 8 heteroatoms. The molecule has 0 aliphatic heterocycles. The number of anilines is 1. The van der Waals surface area contributed by atoms with E-state index in [0.717, 1.165) is 17.1 Å². The number of likely N-dealkylation sites (N-methyl/N-ethyl adjacent to an activating group) is 1. The fourth-order valence-electron chi connectivity index (χ4n) is 1.68. The average Bonchev–Trinajstić information content (AvgIpc) is 3.11. The Kier molecular flexibility index (Phi) is 4.36. The second-order valence-electron chi connectivity index (χ2n) is 4.79. The maximum Gasteiger partial charge on any atom is 0.244 e. The van der Waals surface area contributed by atoms with Crippen LogP contribution in [0.4, 0.5) is 5.69 Å². The number of rotatable bonds is 5. The van der Waals surface area contributed by atoms with Crippen LogP contribution in [-0.2, 0) is 14.8 Å². The lowest BCUT2D eigenvalue weighted by Crippen LogP contribution is -2.39. The largest absolute Gasteiger partial charge is 0.399 e. The lowest BCUT2D eigenvalue weighted by molar-refractivity contribution is -0.121. The van der Waals surface area contributed by atoms with E-state index in [1.54, 1.807) is 0 Å². The zero-order chi connectivity index (χ0) is 14.9. The third kappa shape index (κ3) is 3.50. The van der Waals surface area contributed by atoms with Gasteiger partial charge in [0.05, 0.1) is 11.4 Å². The minimum atomic E-state index is -3.73. The highest BCUT2D eigenvalue weighted by molar-refractivity contribution is 9.10. The van der Waals surface area contributed by atoms with E-state index >= 15 is 0 Å². The third-order valence-corrected chi connectivity index (χ3v) is 5.73. The molecule has 3 N–H and O–H groups in total. The number of hydrogen-bond acceptors (Lipinski definition) is 4. The molecule has 20 heavy (non-hydrogen) atoms. The second-order valence-corrected chi connectivity index (χ2v) is 7.66. The van der Waals surface area contributed by atoms with E-state index < -0.39 is 10.0 Å². The maximum absolute atomic E-state index is 12.4. The quantitative estimate of drug-likeness (QED) is 0.763. The Balaban J connectivity index is 2.13. The summed E-state index contributed by atoms with van der Waals surface area (Å²) in [5.41, 5.74) is 6.05. The molecular formula is C12H16BrN3O3S. The number of nitrogen functional groups attached to an aromatic ring is 1. The number of nitrogens with two attached hydrogens (primary N) is 1. The minimum absolute atomic E-state index is 0.0911. The highest BCUT2D eigenvalue weighted by Crippen LogP contribution is 2.26. The standard InChI is InChI=1S/C12H16BrN3O3S/c1-16(7-12(17)15-9-3-4-9)20(18,19)11-5-2-8(14)6-10(11)13/h2,5-6,9H,3-4,7,14H2,1H3,(H,15,17). The van der Waals surface area contributed by atoms with Crippen molar-refractivity contribution in [3.8, 4) is 0 Å². The maximum atomic E-state index is 12.4. The van der Waals surface area contributed by atoms with Crippen molar-refractivity contribution in [2.45, 2.75) is 23.8 Å². The first-order valence-corrected chi connectivity index (χ1v) is 8.35. The van der Waals surface area contributed by atoms with Crippen LogP contribution in [-0.4, -0.2) is 38.3 Å². The molecule has 6 nitrogen and oxygen atoms in total. The van der Waals surface area contributed by atoms with Crippen LogP contribution in [0.2, 0.25) is 0 Å². The number of amides is 1. The van der Waals surface area contributed by atoms with Crippen LogP contribution in [0.1, 0.15) is 12.8 Å². The van der Waals surface area contributed by atoms with Crippen LogP contribution >= 0.6 is 15.9 Å². The van der Waals surface area contributed by atoms with Gasteiger partial charge in [0.15, 0.2) is 0 Å². The first kappa shape index (κ1) is 15.3. The normalized spacial score (nSPS) is 15.3. The number of hydrogen-bond donors (Lipinski definition) is 2. The Morgan fingerprint density at radius 3 is 2.70 bits per heavy atom. The van der Waals surface area contributed by atoms with E-state index in [0.29, 0.717) is 10.2 Å². The van der Waals surface area contributed by atoms with Gasteiger partial charge in [0, 0.05) is 23.2 Å². The van der Waals surface area contributed by atoms with E-state index in [1.807, 2.05) is 0 Å². The summed E-state index contributed by atoms with van der Waals surface area (Å²) in [6.45, 7) is -0.199. The topological polar surface area (TPSA) is 92.5 Å². The Labute approximate surface area is 126 Å². The summed E-state index contributed by atoms with van der Waals surface area (Å²) >= 11 is 3.18. The van der Waals surface area contributed by atoms with E-state index in [-0.39, 0.29) is 23.4 Å². The van der Waals surface area contributed by atoms with Gasteiger partial charge in [-0.3, -0.25) is 4.79 Å². The number of nitrogens with one attached hydrogen (secondary N) is 1. The molecule has 0 atom stereocenters. The monoisotopic (exact) mass is 361 g/mol. The number of carbonyl (C=O) groups is 1. The number of sulfonamides is 1. The molecule has 2 rings (SSSR count). The van der Waals surface area contributed by atoms with Crippen molar-refractivity contribution in [3.63, 3.8) is 0 Å². The minimum Gasteiger partial charge on any atom is -0.399 e. The summed E-state index contributed by atoms with van der Waals surface area (Å²) in [6, 6.07) is 4.66. The molecule has 0 heterocycles. The van der Waals surface area contributed by atoms with Crippen molar-refractivity contribution in [2.24, 2.45) is 0 Å². The van der Waals surface area contributed by atoms with Crippen molar-refractivity contribution in [2.75, 3.05) is 19.3 Å². The van der Waals surface area contributed by atoms with Gasteiger partial charge in [0.1, 0.15) is 0 Å². The SMILES string of the molecule is CN(CC(=O)NC1CC1)S(=O)(=O)c1ccc(N)cc1Br. The predicted octanol–water partition coefficient (Wildman–Crippen LogP) is 0.930. The highest BCUT2D eigenvalue weighted by atomic mass is 79.9. The number of carbonyl (C=O) groups excluding carboxylic acids is 1. The van der Waals surface area contributed by atoms with Crippen molar-refractivity contribution in [1.82, 2.24) is 9.62 Å². The fraction of sp³-hybridized carbons (Fsp3) is 0.417. The zero-order valence-electron chi connectivity index (χ0n) is 11.0. The summed E-state index contributed by atoms with van der Waals surface area (Å²) in [7, 11) is -2.35. The van der Waals surface area contributed by atoms with Gasteiger partial charge in [0.25, 0.3) is 0 Å². The zero-order valence-corrected chi connectivity index (χ0v) is 13.4. The van der Waals surface area contributed by atoms with Crippen LogP contribution in [0.5, 0.6) is 0 Å². The van der Waals surface area contributed by atoms with Gasteiger partial charge in [-0.15, -0.1) is 0 Å². The molecule has 0 radical (unpaired) electrons. The van der Waals surface area contributed by atoms with Crippen LogP contribution in [0.25, 0.3) is 0 Å². The van der Waals surface area contributed by atoms with Crippen LogP contribution in [0.3, 0.4) is 0 Å². The van der Waals surface area contributed by atoms with Crippen molar-refractivity contribution >= 4 is 37.5 Å². The Morgan fingerprint density at radius 2 is 2.15 bits per heavy atom. The van der Waals surface area contributed by atoms with E-state index in [4.69, 9.17) is 5.73 Å². The van der Waals surface area contributed by atoms with Crippen molar-refractivity contribution in [3.05, 3.63) is 22.7 Å². The van der Waals surface area contributed by atoms with Gasteiger partial charge in [-0.1, -0.05) is 0 Å². The lowest BCUT2D eigenvalue weighted by atomic mass is 10.3. The van der Waals surface area contributed by atoms with Crippen LogP contribution in [0, 0.1) is 0 Å². The molecule has 1 aromatic rings. The molecule has 0 bridgehead atoms. The smallest absolute Gasteiger partial charge is 0.244 e. The van der Waals surface area contributed by atoms with Crippen LogP contribution < -0.4 is 11.1 Å². The molecular weight excluding hydrogens is 346 g/mol. The summed E-state index contributed by atoms with van der Waals surface area (Å²) in [5.74, 6) is -0.287. The van der Waals surface area contributed by atoms with Gasteiger partial charge >= 0.3 is 0 Å².